The average molecular weight is 333 g/mol. The van der Waals surface area contributed by atoms with E-state index in [2.05, 4.69) is 25.6 Å². The summed E-state index contributed by atoms with van der Waals surface area (Å²) in [6, 6.07) is 9.02. The number of aromatic nitrogens is 1. The highest BCUT2D eigenvalue weighted by atomic mass is 79.9. The summed E-state index contributed by atoms with van der Waals surface area (Å²) in [5.74, 6) is -0.0506. The van der Waals surface area contributed by atoms with Crippen LogP contribution in [0.4, 0.5) is 5.13 Å². The topological polar surface area (TPSA) is 59.1 Å². The lowest BCUT2D eigenvalue weighted by Crippen LogP contribution is -2.14. The number of rotatable bonds is 4. The summed E-state index contributed by atoms with van der Waals surface area (Å²) in [6.45, 7) is 0. The van der Waals surface area contributed by atoms with Gasteiger partial charge in [-0.3, -0.25) is 4.72 Å². The monoisotopic (exact) mass is 332 g/mol. The molecule has 4 nitrogen and oxygen atoms in total. The quantitative estimate of drug-likeness (QED) is 0.936. The smallest absolute Gasteiger partial charge is 0.238 e. The van der Waals surface area contributed by atoms with Gasteiger partial charge in [-0.05, 0) is 21.5 Å². The van der Waals surface area contributed by atoms with Crippen molar-refractivity contribution in [2.45, 2.75) is 5.75 Å². The van der Waals surface area contributed by atoms with Crippen LogP contribution >= 0.6 is 27.3 Å². The van der Waals surface area contributed by atoms with Gasteiger partial charge in [-0.15, -0.1) is 0 Å². The van der Waals surface area contributed by atoms with Crippen LogP contribution in [-0.2, 0) is 15.8 Å². The lowest BCUT2D eigenvalue weighted by molar-refractivity contribution is 0.600. The summed E-state index contributed by atoms with van der Waals surface area (Å²) in [7, 11) is -3.40. The molecule has 1 aromatic carbocycles. The van der Waals surface area contributed by atoms with E-state index in [-0.39, 0.29) is 5.75 Å². The number of benzene rings is 1. The molecule has 1 heterocycles. The molecule has 1 aromatic heterocycles. The Morgan fingerprint density at radius 1 is 1.29 bits per heavy atom. The van der Waals surface area contributed by atoms with Crippen molar-refractivity contribution < 1.29 is 8.42 Å². The maximum absolute atomic E-state index is 11.8. The highest BCUT2D eigenvalue weighted by Gasteiger charge is 2.13. The molecule has 0 radical (unpaired) electrons. The van der Waals surface area contributed by atoms with E-state index >= 15 is 0 Å². The molecule has 2 rings (SSSR count). The Morgan fingerprint density at radius 3 is 2.59 bits per heavy atom. The summed E-state index contributed by atoms with van der Waals surface area (Å²) in [5.41, 5.74) is 0.746. The Balaban J connectivity index is 2.10. The maximum atomic E-state index is 11.8. The highest BCUT2D eigenvalue weighted by Crippen LogP contribution is 2.24. The molecule has 7 heteroatoms. The van der Waals surface area contributed by atoms with Gasteiger partial charge in [0.2, 0.25) is 10.0 Å². The standard InChI is InChI=1S/C10H9BrN2O2S2/c11-9-6-12-10(16-9)13-17(14,15)7-8-4-2-1-3-5-8/h1-6H,7H2,(H,12,13). The van der Waals surface area contributed by atoms with E-state index in [9.17, 15) is 8.42 Å². The third-order valence-corrected chi connectivity index (χ3v) is 4.66. The molecule has 0 aliphatic heterocycles. The summed E-state index contributed by atoms with van der Waals surface area (Å²) < 4.78 is 26.9. The van der Waals surface area contributed by atoms with Crippen LogP contribution in [0.5, 0.6) is 0 Å². The molecule has 2 aromatic rings. The lowest BCUT2D eigenvalue weighted by Gasteiger charge is -2.04. The average Bonchev–Trinajstić information content (AvgIpc) is 2.63. The fraction of sp³-hybridized carbons (Fsp3) is 0.100. The van der Waals surface area contributed by atoms with Crippen LogP contribution < -0.4 is 4.72 Å². The van der Waals surface area contributed by atoms with Crippen molar-refractivity contribution in [2.75, 3.05) is 4.72 Å². The number of nitrogens with one attached hydrogen (secondary N) is 1. The van der Waals surface area contributed by atoms with Gasteiger partial charge in [0.25, 0.3) is 0 Å². The van der Waals surface area contributed by atoms with Crippen LogP contribution in [0.25, 0.3) is 0 Å². The predicted molar refractivity (Wildman–Crippen MR) is 72.5 cm³/mol. The minimum atomic E-state index is -3.40. The number of hydrogen-bond acceptors (Lipinski definition) is 4. The molecule has 0 saturated carbocycles. The zero-order valence-electron chi connectivity index (χ0n) is 8.63. The molecule has 1 N–H and O–H groups in total. The number of hydrogen-bond donors (Lipinski definition) is 1. The number of anilines is 1. The van der Waals surface area contributed by atoms with Crippen LogP contribution in [-0.4, -0.2) is 13.4 Å². The van der Waals surface area contributed by atoms with Crippen LogP contribution in [0.1, 0.15) is 5.56 Å². The Bertz CT molecular complexity index is 596. The van der Waals surface area contributed by atoms with E-state index in [1.807, 2.05) is 18.2 Å². The van der Waals surface area contributed by atoms with Crippen molar-refractivity contribution in [3.05, 3.63) is 45.9 Å². The van der Waals surface area contributed by atoms with Crippen molar-refractivity contribution in [1.29, 1.82) is 0 Å². The first-order valence-electron chi connectivity index (χ1n) is 4.71. The van der Waals surface area contributed by atoms with Crippen LogP contribution in [0, 0.1) is 0 Å². The third-order valence-electron chi connectivity index (χ3n) is 1.92. The van der Waals surface area contributed by atoms with E-state index < -0.39 is 10.0 Å². The zero-order chi connectivity index (χ0) is 12.3. The van der Waals surface area contributed by atoms with Gasteiger partial charge in [0.1, 0.15) is 0 Å². The molecule has 0 unspecified atom stereocenters. The Morgan fingerprint density at radius 2 is 2.00 bits per heavy atom. The second kappa shape index (κ2) is 5.16. The number of thiazole rings is 1. The third kappa shape index (κ3) is 3.79. The molecule has 0 aliphatic rings. The van der Waals surface area contributed by atoms with E-state index in [1.54, 1.807) is 18.3 Å². The fourth-order valence-electron chi connectivity index (χ4n) is 1.26. The molecular weight excluding hydrogens is 324 g/mol. The van der Waals surface area contributed by atoms with Crippen LogP contribution in [0.2, 0.25) is 0 Å². The molecule has 0 amide bonds. The zero-order valence-corrected chi connectivity index (χ0v) is 11.8. The first-order chi connectivity index (χ1) is 8.05. The van der Waals surface area contributed by atoms with Crippen molar-refractivity contribution in [3.63, 3.8) is 0 Å². The van der Waals surface area contributed by atoms with E-state index in [4.69, 9.17) is 0 Å². The highest BCUT2D eigenvalue weighted by molar-refractivity contribution is 9.11. The van der Waals surface area contributed by atoms with Gasteiger partial charge in [0.15, 0.2) is 5.13 Å². The van der Waals surface area contributed by atoms with Gasteiger partial charge >= 0.3 is 0 Å². The molecule has 17 heavy (non-hydrogen) atoms. The molecule has 0 saturated heterocycles. The number of sulfonamides is 1. The van der Waals surface area contributed by atoms with Crippen molar-refractivity contribution in [3.8, 4) is 0 Å². The number of halogens is 1. The van der Waals surface area contributed by atoms with Gasteiger partial charge in [0.05, 0.1) is 15.7 Å². The second-order valence-corrected chi connectivity index (χ2v) is 7.45. The Hall–Kier alpha value is -0.920. The molecule has 0 aliphatic carbocycles. The van der Waals surface area contributed by atoms with Gasteiger partial charge < -0.3 is 0 Å². The van der Waals surface area contributed by atoms with Gasteiger partial charge in [0, 0.05) is 0 Å². The van der Waals surface area contributed by atoms with Crippen molar-refractivity contribution >= 4 is 42.4 Å². The maximum Gasteiger partial charge on any atom is 0.238 e. The van der Waals surface area contributed by atoms with Crippen molar-refractivity contribution in [2.24, 2.45) is 0 Å². The summed E-state index contributed by atoms with van der Waals surface area (Å²) in [6.07, 6.45) is 1.56. The molecule has 0 atom stereocenters. The van der Waals surface area contributed by atoms with Gasteiger partial charge in [-0.2, -0.15) is 0 Å². The first kappa shape index (κ1) is 12.5. The molecular formula is C10H9BrN2O2S2. The molecule has 0 bridgehead atoms. The molecule has 0 fully saturated rings. The van der Waals surface area contributed by atoms with Crippen molar-refractivity contribution in [1.82, 2.24) is 4.98 Å². The van der Waals surface area contributed by atoms with E-state index in [0.717, 1.165) is 9.35 Å². The van der Waals surface area contributed by atoms with Gasteiger partial charge in [-0.25, -0.2) is 13.4 Å². The van der Waals surface area contributed by atoms with Gasteiger partial charge in [-0.1, -0.05) is 41.7 Å². The minimum Gasteiger partial charge on any atom is -0.258 e. The fourth-order valence-corrected chi connectivity index (χ4v) is 3.79. The lowest BCUT2D eigenvalue weighted by atomic mass is 10.2. The number of nitrogens with zero attached hydrogens (tertiary/aromatic N) is 1. The van der Waals surface area contributed by atoms with Crippen LogP contribution in [0.15, 0.2) is 40.3 Å². The second-order valence-electron chi connectivity index (χ2n) is 3.32. The summed E-state index contributed by atoms with van der Waals surface area (Å²) >= 11 is 4.47. The minimum absolute atomic E-state index is 0.0506. The van der Waals surface area contributed by atoms with Crippen LogP contribution in [0.3, 0.4) is 0 Å². The van der Waals surface area contributed by atoms with E-state index in [0.29, 0.717) is 5.13 Å². The Labute approximate surface area is 112 Å². The molecule has 90 valence electrons. The first-order valence-corrected chi connectivity index (χ1v) is 7.97. The SMILES string of the molecule is O=S(=O)(Cc1ccccc1)Nc1ncc(Br)s1. The largest absolute Gasteiger partial charge is 0.258 e. The molecule has 0 spiro atoms. The Kier molecular flexibility index (Phi) is 3.80. The summed E-state index contributed by atoms with van der Waals surface area (Å²) in [4.78, 5) is 3.92. The normalized spacial score (nSPS) is 11.4. The summed E-state index contributed by atoms with van der Waals surface area (Å²) in [5, 5.41) is 0.368. The van der Waals surface area contributed by atoms with E-state index in [1.165, 1.54) is 11.3 Å². The predicted octanol–water partition coefficient (Wildman–Crippen LogP) is 2.85.